The van der Waals surface area contributed by atoms with Crippen LogP contribution in [0.15, 0.2) is 24.3 Å². The molecule has 1 aromatic carbocycles. The number of piperidine rings is 1. The molecule has 1 heterocycles. The highest BCUT2D eigenvalue weighted by Crippen LogP contribution is 2.31. The minimum Gasteiger partial charge on any atom is -0.384 e. The summed E-state index contributed by atoms with van der Waals surface area (Å²) in [5, 5.41) is 0. The number of carbonyl (C=O) groups excluding carboxylic acids is 1. The molecule has 0 bridgehead atoms. The smallest absolute Gasteiger partial charge is 0.225 e. The van der Waals surface area contributed by atoms with Crippen LogP contribution in [0.5, 0.6) is 0 Å². The Bertz CT molecular complexity index is 419. The van der Waals surface area contributed by atoms with Crippen LogP contribution in [0.4, 0.5) is 4.39 Å². The summed E-state index contributed by atoms with van der Waals surface area (Å²) >= 11 is 0. The lowest BCUT2D eigenvalue weighted by molar-refractivity contribution is -0.136. The molecule has 3 nitrogen and oxygen atoms in total. The first-order valence-corrected chi connectivity index (χ1v) is 6.76. The molecule has 1 fully saturated rings. The summed E-state index contributed by atoms with van der Waals surface area (Å²) in [5.74, 6) is -0.118. The molecule has 0 spiro atoms. The molecule has 1 atom stereocenters. The number of halogens is 1. The van der Waals surface area contributed by atoms with Crippen molar-refractivity contribution in [2.24, 2.45) is 0 Å². The second-order valence-corrected chi connectivity index (χ2v) is 4.89. The van der Waals surface area contributed by atoms with Crippen LogP contribution in [-0.4, -0.2) is 31.1 Å². The van der Waals surface area contributed by atoms with E-state index < -0.39 is 0 Å². The van der Waals surface area contributed by atoms with Gasteiger partial charge < -0.3 is 9.64 Å². The van der Waals surface area contributed by atoms with E-state index in [1.165, 1.54) is 12.1 Å². The lowest BCUT2D eigenvalue weighted by atomic mass is 9.95. The van der Waals surface area contributed by atoms with E-state index in [0.29, 0.717) is 13.0 Å². The fourth-order valence-corrected chi connectivity index (χ4v) is 2.59. The minimum atomic E-state index is -0.239. The van der Waals surface area contributed by atoms with Crippen molar-refractivity contribution in [2.45, 2.75) is 31.7 Å². The van der Waals surface area contributed by atoms with Crippen LogP contribution in [0.3, 0.4) is 0 Å². The number of benzene rings is 1. The molecule has 0 N–H and O–H groups in total. The maximum Gasteiger partial charge on any atom is 0.225 e. The summed E-state index contributed by atoms with van der Waals surface area (Å²) < 4.78 is 17.9. The summed E-state index contributed by atoms with van der Waals surface area (Å²) in [4.78, 5) is 14.1. The Kier molecular flexibility index (Phi) is 4.91. The van der Waals surface area contributed by atoms with Crippen LogP contribution in [0.2, 0.25) is 0 Å². The molecule has 104 valence electrons. The average molecular weight is 265 g/mol. The van der Waals surface area contributed by atoms with Gasteiger partial charge in [-0.1, -0.05) is 12.1 Å². The third-order valence-corrected chi connectivity index (χ3v) is 3.60. The van der Waals surface area contributed by atoms with E-state index in [1.54, 1.807) is 19.2 Å². The Morgan fingerprint density at radius 3 is 2.79 bits per heavy atom. The first-order valence-electron chi connectivity index (χ1n) is 6.76. The van der Waals surface area contributed by atoms with Gasteiger partial charge in [-0.25, -0.2) is 4.39 Å². The van der Waals surface area contributed by atoms with Gasteiger partial charge in [0.15, 0.2) is 0 Å². The number of hydrogen-bond acceptors (Lipinski definition) is 2. The number of amides is 1. The molecule has 0 unspecified atom stereocenters. The number of carbonyl (C=O) groups is 1. The molecule has 19 heavy (non-hydrogen) atoms. The molecule has 0 radical (unpaired) electrons. The number of nitrogens with zero attached hydrogens (tertiary/aromatic N) is 1. The normalized spacial score (nSPS) is 19.5. The third-order valence-electron chi connectivity index (χ3n) is 3.60. The van der Waals surface area contributed by atoms with E-state index >= 15 is 0 Å². The molecule has 1 aliphatic rings. The second-order valence-electron chi connectivity index (χ2n) is 4.89. The zero-order chi connectivity index (χ0) is 13.7. The molecule has 0 saturated carbocycles. The fraction of sp³-hybridized carbons (Fsp3) is 0.533. The predicted octanol–water partition coefficient (Wildman–Crippen LogP) is 2.92. The molecule has 0 aliphatic carbocycles. The van der Waals surface area contributed by atoms with Crippen molar-refractivity contribution in [3.05, 3.63) is 35.6 Å². The standard InChI is InChI=1S/C15H20FNO2/c1-19-11-9-15(18)17-10-3-2-4-14(17)12-5-7-13(16)8-6-12/h5-8,14H,2-4,9-11H2,1H3/t14-/m1/s1. The van der Waals surface area contributed by atoms with E-state index in [2.05, 4.69) is 0 Å². The predicted molar refractivity (Wildman–Crippen MR) is 71.2 cm³/mol. The first-order chi connectivity index (χ1) is 9.22. The van der Waals surface area contributed by atoms with Gasteiger partial charge in [0.2, 0.25) is 5.91 Å². The summed E-state index contributed by atoms with van der Waals surface area (Å²) in [6, 6.07) is 6.56. The summed E-state index contributed by atoms with van der Waals surface area (Å²) in [5.41, 5.74) is 1.02. The van der Waals surface area contributed by atoms with Crippen molar-refractivity contribution < 1.29 is 13.9 Å². The topological polar surface area (TPSA) is 29.5 Å². The largest absolute Gasteiger partial charge is 0.384 e. The lowest BCUT2D eigenvalue weighted by Crippen LogP contribution is -2.38. The van der Waals surface area contributed by atoms with E-state index in [1.807, 2.05) is 4.90 Å². The number of hydrogen-bond donors (Lipinski definition) is 0. The van der Waals surface area contributed by atoms with E-state index in [-0.39, 0.29) is 17.8 Å². The van der Waals surface area contributed by atoms with Gasteiger partial charge in [0.25, 0.3) is 0 Å². The van der Waals surface area contributed by atoms with Gasteiger partial charge >= 0.3 is 0 Å². The van der Waals surface area contributed by atoms with Gasteiger partial charge in [0, 0.05) is 13.7 Å². The quantitative estimate of drug-likeness (QED) is 0.837. The number of likely N-dealkylation sites (tertiary alicyclic amines) is 1. The van der Waals surface area contributed by atoms with Crippen LogP contribution in [0, 0.1) is 5.82 Å². The van der Waals surface area contributed by atoms with Gasteiger partial charge in [0.05, 0.1) is 19.1 Å². The van der Waals surface area contributed by atoms with Crippen LogP contribution in [0.25, 0.3) is 0 Å². The molecule has 4 heteroatoms. The number of rotatable bonds is 4. The maximum atomic E-state index is 13.0. The van der Waals surface area contributed by atoms with E-state index in [9.17, 15) is 9.18 Å². The Morgan fingerprint density at radius 2 is 2.11 bits per heavy atom. The van der Waals surface area contributed by atoms with Crippen molar-refractivity contribution in [3.8, 4) is 0 Å². The maximum absolute atomic E-state index is 13.0. The molecule has 2 rings (SSSR count). The molecule has 1 saturated heterocycles. The van der Waals surface area contributed by atoms with E-state index in [4.69, 9.17) is 4.74 Å². The average Bonchev–Trinajstić information content (AvgIpc) is 2.45. The van der Waals surface area contributed by atoms with Crippen LogP contribution in [0.1, 0.15) is 37.3 Å². The SMILES string of the molecule is COCCC(=O)N1CCCC[C@@H]1c1ccc(F)cc1. The monoisotopic (exact) mass is 265 g/mol. The summed E-state index contributed by atoms with van der Waals surface area (Å²) in [6.45, 7) is 1.23. The Morgan fingerprint density at radius 1 is 1.37 bits per heavy atom. The zero-order valence-electron chi connectivity index (χ0n) is 11.3. The summed E-state index contributed by atoms with van der Waals surface area (Å²) in [6.07, 6.45) is 3.51. The molecular formula is C15H20FNO2. The lowest BCUT2D eigenvalue weighted by Gasteiger charge is -2.36. The highest BCUT2D eigenvalue weighted by atomic mass is 19.1. The Balaban J connectivity index is 2.11. The van der Waals surface area contributed by atoms with Gasteiger partial charge in [0.1, 0.15) is 5.82 Å². The van der Waals surface area contributed by atoms with E-state index in [0.717, 1.165) is 31.4 Å². The van der Waals surface area contributed by atoms with Crippen molar-refractivity contribution >= 4 is 5.91 Å². The van der Waals surface area contributed by atoms with Crippen molar-refractivity contribution in [2.75, 3.05) is 20.3 Å². The van der Waals surface area contributed by atoms with Crippen molar-refractivity contribution in [1.82, 2.24) is 4.90 Å². The molecular weight excluding hydrogens is 245 g/mol. The molecule has 1 aliphatic heterocycles. The highest BCUT2D eigenvalue weighted by Gasteiger charge is 2.27. The van der Waals surface area contributed by atoms with Crippen LogP contribution < -0.4 is 0 Å². The first kappa shape index (κ1) is 14.0. The molecule has 1 aromatic rings. The second kappa shape index (κ2) is 6.66. The fourth-order valence-electron chi connectivity index (χ4n) is 2.59. The molecule has 1 amide bonds. The number of methoxy groups -OCH3 is 1. The minimum absolute atomic E-state index is 0.0821. The third kappa shape index (κ3) is 3.53. The van der Waals surface area contributed by atoms with Crippen LogP contribution in [-0.2, 0) is 9.53 Å². The molecule has 0 aromatic heterocycles. The van der Waals surface area contributed by atoms with Crippen molar-refractivity contribution in [1.29, 1.82) is 0 Å². The Hall–Kier alpha value is -1.42. The Labute approximate surface area is 113 Å². The van der Waals surface area contributed by atoms with Gasteiger partial charge in [-0.15, -0.1) is 0 Å². The number of ether oxygens (including phenoxy) is 1. The summed E-state index contributed by atoms with van der Waals surface area (Å²) in [7, 11) is 1.60. The zero-order valence-corrected chi connectivity index (χ0v) is 11.3. The van der Waals surface area contributed by atoms with Gasteiger partial charge in [-0.05, 0) is 37.0 Å². The van der Waals surface area contributed by atoms with Gasteiger partial charge in [-0.2, -0.15) is 0 Å². The van der Waals surface area contributed by atoms with Crippen LogP contribution >= 0.6 is 0 Å². The highest BCUT2D eigenvalue weighted by molar-refractivity contribution is 5.77. The van der Waals surface area contributed by atoms with Crippen molar-refractivity contribution in [3.63, 3.8) is 0 Å². The van der Waals surface area contributed by atoms with Gasteiger partial charge in [-0.3, -0.25) is 4.79 Å².